The molecular weight excluding hydrogens is 328 g/mol. The molecule has 26 heavy (non-hydrogen) atoms. The fourth-order valence-corrected chi connectivity index (χ4v) is 4.47. The molecule has 5 heteroatoms. The number of ether oxygens (including phenoxy) is 1. The molecule has 4 rings (SSSR count). The molecule has 1 aromatic heterocycles. The predicted molar refractivity (Wildman–Crippen MR) is 99.7 cm³/mol. The number of amides is 1. The van der Waals surface area contributed by atoms with Gasteiger partial charge < -0.3 is 14.7 Å². The van der Waals surface area contributed by atoms with Gasteiger partial charge in [0.2, 0.25) is 5.91 Å². The van der Waals surface area contributed by atoms with E-state index >= 15 is 0 Å². The Balaban J connectivity index is 1.50. The number of hydrogen-bond acceptors (Lipinski definition) is 4. The average Bonchev–Trinajstić information content (AvgIpc) is 2.98. The lowest BCUT2D eigenvalue weighted by molar-refractivity contribution is -0.151. The number of likely N-dealkylation sites (tertiary alicyclic amines) is 1. The van der Waals surface area contributed by atoms with Crippen molar-refractivity contribution in [1.29, 1.82) is 0 Å². The van der Waals surface area contributed by atoms with Gasteiger partial charge in [-0.3, -0.25) is 9.78 Å². The zero-order valence-corrected chi connectivity index (χ0v) is 15.2. The number of nitrogens with zero attached hydrogens (tertiary/aromatic N) is 2. The van der Waals surface area contributed by atoms with E-state index in [4.69, 9.17) is 4.74 Å². The van der Waals surface area contributed by atoms with Gasteiger partial charge in [-0.05, 0) is 37.0 Å². The summed E-state index contributed by atoms with van der Waals surface area (Å²) < 4.78 is 5.31. The van der Waals surface area contributed by atoms with Crippen LogP contribution in [0.1, 0.15) is 24.8 Å². The van der Waals surface area contributed by atoms with Crippen LogP contribution in [0.15, 0.2) is 36.5 Å². The summed E-state index contributed by atoms with van der Waals surface area (Å²) in [5.41, 5.74) is 1.80. The number of pyridine rings is 1. The number of hydrogen-bond donors (Lipinski definition) is 1. The summed E-state index contributed by atoms with van der Waals surface area (Å²) in [6.07, 6.45) is 4.97. The second kappa shape index (κ2) is 6.97. The molecule has 5 nitrogen and oxygen atoms in total. The van der Waals surface area contributed by atoms with E-state index in [1.54, 1.807) is 7.11 Å². The molecule has 2 aromatic rings. The van der Waals surface area contributed by atoms with Crippen LogP contribution in [-0.4, -0.2) is 53.8 Å². The third kappa shape index (κ3) is 2.99. The fraction of sp³-hybridized carbons (Fsp3) is 0.524. The molecule has 1 aromatic carbocycles. The van der Waals surface area contributed by atoms with Gasteiger partial charge in [0, 0.05) is 37.7 Å². The first-order chi connectivity index (χ1) is 12.6. The molecule has 2 aliphatic rings. The van der Waals surface area contributed by atoms with Crippen LogP contribution in [0.5, 0.6) is 0 Å². The molecule has 1 amide bonds. The zero-order chi connectivity index (χ0) is 18.1. The molecule has 138 valence electrons. The first-order valence-corrected chi connectivity index (χ1v) is 9.42. The quantitative estimate of drug-likeness (QED) is 0.896. The van der Waals surface area contributed by atoms with Gasteiger partial charge in [-0.1, -0.05) is 24.6 Å². The van der Waals surface area contributed by atoms with E-state index in [1.807, 2.05) is 35.4 Å². The molecule has 0 spiro atoms. The van der Waals surface area contributed by atoms with Crippen LogP contribution in [0.2, 0.25) is 0 Å². The van der Waals surface area contributed by atoms with Gasteiger partial charge in [0.05, 0.1) is 23.6 Å². The average molecular weight is 354 g/mol. The van der Waals surface area contributed by atoms with Crippen LogP contribution in [0.4, 0.5) is 0 Å². The number of methoxy groups -OCH3 is 1. The van der Waals surface area contributed by atoms with Crippen molar-refractivity contribution in [2.24, 2.45) is 11.3 Å². The van der Waals surface area contributed by atoms with Crippen molar-refractivity contribution in [1.82, 2.24) is 9.88 Å². The van der Waals surface area contributed by atoms with Gasteiger partial charge in [-0.25, -0.2) is 0 Å². The van der Waals surface area contributed by atoms with Crippen LogP contribution in [-0.2, 0) is 16.0 Å². The maximum atomic E-state index is 13.0. The molecule has 2 heterocycles. The molecule has 1 saturated carbocycles. The molecule has 0 unspecified atom stereocenters. The standard InChI is InChI=1S/C21H26N2O3/c1-26-14-21(8-4-9-21)20(25)23-12-16(19(24)13-23)11-15-7-10-22-18-6-3-2-5-17(15)18/h2-3,5-7,10,16,19,24H,4,8-9,11-14H2,1H3/t16-,19-/m1/s1. The van der Waals surface area contributed by atoms with Crippen molar-refractivity contribution in [3.63, 3.8) is 0 Å². The highest BCUT2D eigenvalue weighted by Crippen LogP contribution is 2.43. The fourth-order valence-electron chi connectivity index (χ4n) is 4.47. The number of β-amino-alcohol motifs (C(OH)–C–C–N with tert-alkyl or cyclic N) is 1. The third-order valence-electron chi connectivity index (χ3n) is 6.10. The van der Waals surface area contributed by atoms with Gasteiger partial charge in [0.1, 0.15) is 0 Å². The van der Waals surface area contributed by atoms with E-state index in [9.17, 15) is 9.90 Å². The van der Waals surface area contributed by atoms with Crippen molar-refractivity contribution in [3.05, 3.63) is 42.1 Å². The Morgan fingerprint density at radius 1 is 1.31 bits per heavy atom. The molecular formula is C21H26N2O3. The van der Waals surface area contributed by atoms with E-state index in [2.05, 4.69) is 11.1 Å². The molecule has 0 radical (unpaired) electrons. The summed E-state index contributed by atoms with van der Waals surface area (Å²) in [6.45, 7) is 1.53. The third-order valence-corrected chi connectivity index (χ3v) is 6.10. The number of aromatic nitrogens is 1. The van der Waals surface area contributed by atoms with E-state index in [-0.39, 0.29) is 17.2 Å². The Labute approximate surface area is 154 Å². The number of carbonyl (C=O) groups is 1. The van der Waals surface area contributed by atoms with Gasteiger partial charge in [0.25, 0.3) is 0 Å². The van der Waals surface area contributed by atoms with Crippen LogP contribution in [0.25, 0.3) is 10.9 Å². The largest absolute Gasteiger partial charge is 0.391 e. The minimum atomic E-state index is -0.481. The summed E-state index contributed by atoms with van der Waals surface area (Å²) in [7, 11) is 1.66. The van der Waals surface area contributed by atoms with Crippen molar-refractivity contribution in [2.45, 2.75) is 31.8 Å². The number of rotatable bonds is 5. The Kier molecular flexibility index (Phi) is 4.67. The topological polar surface area (TPSA) is 62.7 Å². The van der Waals surface area contributed by atoms with Crippen molar-refractivity contribution in [2.75, 3.05) is 26.8 Å². The lowest BCUT2D eigenvalue weighted by Gasteiger charge is -2.42. The van der Waals surface area contributed by atoms with E-state index in [0.717, 1.165) is 36.6 Å². The molecule has 1 saturated heterocycles. The van der Waals surface area contributed by atoms with Crippen LogP contribution < -0.4 is 0 Å². The number of carbonyl (C=O) groups excluding carboxylic acids is 1. The van der Waals surface area contributed by atoms with Gasteiger partial charge in [0.15, 0.2) is 0 Å². The minimum Gasteiger partial charge on any atom is -0.391 e. The maximum Gasteiger partial charge on any atom is 0.231 e. The van der Waals surface area contributed by atoms with E-state index in [0.29, 0.717) is 19.7 Å². The second-order valence-corrected chi connectivity index (χ2v) is 7.80. The van der Waals surface area contributed by atoms with Gasteiger partial charge in [-0.2, -0.15) is 0 Å². The van der Waals surface area contributed by atoms with E-state index in [1.165, 1.54) is 5.56 Å². The molecule has 1 aliphatic carbocycles. The summed E-state index contributed by atoms with van der Waals surface area (Å²) in [4.78, 5) is 19.3. The van der Waals surface area contributed by atoms with Crippen LogP contribution in [0.3, 0.4) is 0 Å². The Morgan fingerprint density at radius 3 is 2.85 bits per heavy atom. The number of benzene rings is 1. The first-order valence-electron chi connectivity index (χ1n) is 9.42. The predicted octanol–water partition coefficient (Wildman–Crippen LogP) is 2.41. The molecule has 2 fully saturated rings. The number of fused-ring (bicyclic) bond motifs is 1. The first kappa shape index (κ1) is 17.4. The molecule has 1 aliphatic heterocycles. The maximum absolute atomic E-state index is 13.0. The van der Waals surface area contributed by atoms with E-state index < -0.39 is 6.10 Å². The molecule has 1 N–H and O–H groups in total. The van der Waals surface area contributed by atoms with Gasteiger partial charge in [-0.15, -0.1) is 0 Å². The SMILES string of the molecule is COCC1(C(=O)N2C[C@@H](Cc3ccnc4ccccc34)[C@H](O)C2)CCC1. The number of aliphatic hydroxyl groups excluding tert-OH is 1. The van der Waals surface area contributed by atoms with Crippen molar-refractivity contribution >= 4 is 16.8 Å². The van der Waals surface area contributed by atoms with Crippen molar-refractivity contribution < 1.29 is 14.6 Å². The van der Waals surface area contributed by atoms with Crippen LogP contribution >= 0.6 is 0 Å². The lowest BCUT2D eigenvalue weighted by Crippen LogP contribution is -2.50. The second-order valence-electron chi connectivity index (χ2n) is 7.80. The highest BCUT2D eigenvalue weighted by Gasteiger charge is 2.48. The highest BCUT2D eigenvalue weighted by atomic mass is 16.5. The normalized spacial score (nSPS) is 24.6. The summed E-state index contributed by atoms with van der Waals surface area (Å²) in [6, 6.07) is 10.1. The lowest BCUT2D eigenvalue weighted by atomic mass is 9.68. The Bertz CT molecular complexity index is 797. The highest BCUT2D eigenvalue weighted by molar-refractivity contribution is 5.84. The monoisotopic (exact) mass is 354 g/mol. The van der Waals surface area contributed by atoms with Crippen molar-refractivity contribution in [3.8, 4) is 0 Å². The molecule has 0 bridgehead atoms. The Hall–Kier alpha value is -1.98. The zero-order valence-electron chi connectivity index (χ0n) is 15.2. The number of aliphatic hydroxyl groups is 1. The molecule has 2 atom stereocenters. The number of para-hydroxylation sites is 1. The summed E-state index contributed by atoms with van der Waals surface area (Å²) in [5, 5.41) is 11.7. The summed E-state index contributed by atoms with van der Waals surface area (Å²) >= 11 is 0. The summed E-state index contributed by atoms with van der Waals surface area (Å²) in [5.74, 6) is 0.219. The Morgan fingerprint density at radius 2 is 2.12 bits per heavy atom. The van der Waals surface area contributed by atoms with Crippen LogP contribution in [0, 0.1) is 11.3 Å². The van der Waals surface area contributed by atoms with Gasteiger partial charge >= 0.3 is 0 Å². The smallest absolute Gasteiger partial charge is 0.231 e. The minimum absolute atomic E-state index is 0.0597.